The quantitative estimate of drug-likeness (QED) is 0.902. The van der Waals surface area contributed by atoms with Crippen LogP contribution in [-0.4, -0.2) is 42.5 Å². The SMILES string of the molecule is C[C@H](c1ccccc1)N1C[C@H](C(=O)NC[C@H]2CCCO2)CC1=O. The zero-order valence-electron chi connectivity index (χ0n) is 13.5. The molecular weight excluding hydrogens is 292 g/mol. The van der Waals surface area contributed by atoms with Crippen LogP contribution in [0.1, 0.15) is 37.8 Å². The van der Waals surface area contributed by atoms with Gasteiger partial charge in [0, 0.05) is 26.1 Å². The highest BCUT2D eigenvalue weighted by Crippen LogP contribution is 2.28. The van der Waals surface area contributed by atoms with E-state index in [0.29, 0.717) is 19.5 Å². The van der Waals surface area contributed by atoms with Gasteiger partial charge in [-0.25, -0.2) is 0 Å². The van der Waals surface area contributed by atoms with E-state index in [9.17, 15) is 9.59 Å². The van der Waals surface area contributed by atoms with Crippen molar-refractivity contribution in [3.8, 4) is 0 Å². The number of benzene rings is 1. The summed E-state index contributed by atoms with van der Waals surface area (Å²) in [5.41, 5.74) is 1.10. The molecule has 124 valence electrons. The average Bonchev–Trinajstić information content (AvgIpc) is 3.22. The Morgan fingerprint density at radius 1 is 1.39 bits per heavy atom. The van der Waals surface area contributed by atoms with Crippen LogP contribution in [0.5, 0.6) is 0 Å². The lowest BCUT2D eigenvalue weighted by Gasteiger charge is -2.25. The molecule has 0 spiro atoms. The van der Waals surface area contributed by atoms with Gasteiger partial charge in [-0.2, -0.15) is 0 Å². The molecule has 5 nitrogen and oxygen atoms in total. The summed E-state index contributed by atoms with van der Waals surface area (Å²) < 4.78 is 5.51. The Kier molecular flexibility index (Phi) is 4.96. The summed E-state index contributed by atoms with van der Waals surface area (Å²) in [6.07, 6.45) is 2.50. The molecule has 0 unspecified atom stereocenters. The number of ether oxygens (including phenoxy) is 1. The number of nitrogens with zero attached hydrogens (tertiary/aromatic N) is 1. The van der Waals surface area contributed by atoms with Crippen molar-refractivity contribution in [1.82, 2.24) is 10.2 Å². The molecule has 1 aromatic carbocycles. The zero-order chi connectivity index (χ0) is 16.2. The minimum absolute atomic E-state index is 0.000310. The van der Waals surface area contributed by atoms with E-state index < -0.39 is 0 Å². The molecule has 0 aromatic heterocycles. The van der Waals surface area contributed by atoms with Crippen molar-refractivity contribution in [2.45, 2.75) is 38.3 Å². The van der Waals surface area contributed by atoms with Gasteiger partial charge in [-0.05, 0) is 25.3 Å². The lowest BCUT2D eigenvalue weighted by molar-refractivity contribution is -0.130. The molecule has 1 N–H and O–H groups in total. The topological polar surface area (TPSA) is 58.6 Å². The molecule has 2 aliphatic heterocycles. The van der Waals surface area contributed by atoms with Gasteiger partial charge in [-0.1, -0.05) is 30.3 Å². The standard InChI is InChI=1S/C18H24N2O3/c1-13(14-6-3-2-4-7-14)20-12-15(10-17(20)21)18(22)19-11-16-8-5-9-23-16/h2-4,6-7,13,15-16H,5,8-12H2,1H3,(H,19,22)/t13-,15-,16-/m1/s1. The molecule has 0 saturated carbocycles. The van der Waals surface area contributed by atoms with Crippen molar-refractivity contribution < 1.29 is 14.3 Å². The van der Waals surface area contributed by atoms with E-state index >= 15 is 0 Å². The molecule has 23 heavy (non-hydrogen) atoms. The van der Waals surface area contributed by atoms with Crippen LogP contribution < -0.4 is 5.32 Å². The van der Waals surface area contributed by atoms with Crippen LogP contribution in [0.15, 0.2) is 30.3 Å². The molecule has 1 aromatic rings. The van der Waals surface area contributed by atoms with Gasteiger partial charge < -0.3 is 15.0 Å². The summed E-state index contributed by atoms with van der Waals surface area (Å²) >= 11 is 0. The number of carbonyl (C=O) groups is 2. The Hall–Kier alpha value is -1.88. The third-order valence-corrected chi connectivity index (χ3v) is 4.81. The van der Waals surface area contributed by atoms with Gasteiger partial charge in [0.25, 0.3) is 0 Å². The van der Waals surface area contributed by atoms with Gasteiger partial charge in [-0.15, -0.1) is 0 Å². The molecule has 2 fully saturated rings. The van der Waals surface area contributed by atoms with Crippen LogP contribution in [0.3, 0.4) is 0 Å². The summed E-state index contributed by atoms with van der Waals surface area (Å²) in [5, 5.41) is 2.94. The molecule has 2 saturated heterocycles. The van der Waals surface area contributed by atoms with E-state index in [1.165, 1.54) is 0 Å². The fraction of sp³-hybridized carbons (Fsp3) is 0.556. The van der Waals surface area contributed by atoms with Crippen molar-refractivity contribution in [2.24, 2.45) is 5.92 Å². The minimum atomic E-state index is -0.255. The number of rotatable bonds is 5. The van der Waals surface area contributed by atoms with Crippen LogP contribution in [0.2, 0.25) is 0 Å². The Morgan fingerprint density at radius 2 is 2.17 bits per heavy atom. The average molecular weight is 316 g/mol. The smallest absolute Gasteiger partial charge is 0.225 e. The largest absolute Gasteiger partial charge is 0.376 e. The van der Waals surface area contributed by atoms with Gasteiger partial charge >= 0.3 is 0 Å². The molecule has 3 rings (SSSR count). The lowest BCUT2D eigenvalue weighted by Crippen LogP contribution is -2.37. The molecule has 2 aliphatic rings. The summed E-state index contributed by atoms with van der Waals surface area (Å²) in [5.74, 6) is -0.231. The van der Waals surface area contributed by atoms with Gasteiger partial charge in [0.15, 0.2) is 0 Å². The van der Waals surface area contributed by atoms with E-state index in [1.54, 1.807) is 0 Å². The predicted molar refractivity (Wildman–Crippen MR) is 86.7 cm³/mol. The van der Waals surface area contributed by atoms with Crippen LogP contribution >= 0.6 is 0 Å². The number of hydrogen-bond acceptors (Lipinski definition) is 3. The molecule has 0 bridgehead atoms. The first-order valence-corrected chi connectivity index (χ1v) is 8.39. The summed E-state index contributed by atoms with van der Waals surface area (Å²) in [6.45, 7) is 3.84. The number of carbonyl (C=O) groups excluding carboxylic acids is 2. The van der Waals surface area contributed by atoms with Crippen LogP contribution in [-0.2, 0) is 14.3 Å². The molecule has 2 heterocycles. The second-order valence-corrected chi connectivity index (χ2v) is 6.41. The monoisotopic (exact) mass is 316 g/mol. The first-order valence-electron chi connectivity index (χ1n) is 8.39. The summed E-state index contributed by atoms with van der Waals surface area (Å²) in [4.78, 5) is 26.4. The van der Waals surface area contributed by atoms with Gasteiger partial charge in [0.2, 0.25) is 11.8 Å². The predicted octanol–water partition coefficient (Wildman–Crippen LogP) is 1.89. The Bertz CT molecular complexity index is 555. The van der Waals surface area contributed by atoms with E-state index in [-0.39, 0.29) is 29.9 Å². The minimum Gasteiger partial charge on any atom is -0.376 e. The van der Waals surface area contributed by atoms with Crippen molar-refractivity contribution in [1.29, 1.82) is 0 Å². The third-order valence-electron chi connectivity index (χ3n) is 4.81. The second-order valence-electron chi connectivity index (χ2n) is 6.41. The number of nitrogens with one attached hydrogen (secondary N) is 1. The van der Waals surface area contributed by atoms with Crippen molar-refractivity contribution in [2.75, 3.05) is 19.7 Å². The Labute approximate surface area is 137 Å². The Balaban J connectivity index is 1.55. The van der Waals surface area contributed by atoms with Crippen molar-refractivity contribution >= 4 is 11.8 Å². The van der Waals surface area contributed by atoms with E-state index in [0.717, 1.165) is 25.0 Å². The third kappa shape index (κ3) is 3.72. The highest BCUT2D eigenvalue weighted by atomic mass is 16.5. The molecule has 0 aliphatic carbocycles. The number of hydrogen-bond donors (Lipinski definition) is 1. The van der Waals surface area contributed by atoms with Crippen LogP contribution in [0.25, 0.3) is 0 Å². The van der Waals surface area contributed by atoms with Crippen LogP contribution in [0.4, 0.5) is 0 Å². The maximum atomic E-state index is 12.3. The number of amides is 2. The molecule has 2 amide bonds. The fourth-order valence-corrected chi connectivity index (χ4v) is 3.36. The first-order chi connectivity index (χ1) is 11.1. The maximum absolute atomic E-state index is 12.3. The zero-order valence-corrected chi connectivity index (χ0v) is 13.5. The number of likely N-dealkylation sites (tertiary alicyclic amines) is 1. The molecule has 5 heteroatoms. The van der Waals surface area contributed by atoms with Crippen molar-refractivity contribution in [3.63, 3.8) is 0 Å². The summed E-state index contributed by atoms with van der Waals surface area (Å²) in [6, 6.07) is 9.94. The van der Waals surface area contributed by atoms with E-state index in [2.05, 4.69) is 5.32 Å². The molecular formula is C18H24N2O3. The Morgan fingerprint density at radius 3 is 2.87 bits per heavy atom. The highest BCUT2D eigenvalue weighted by molar-refractivity contribution is 5.89. The van der Waals surface area contributed by atoms with E-state index in [4.69, 9.17) is 4.74 Å². The second kappa shape index (κ2) is 7.13. The maximum Gasteiger partial charge on any atom is 0.225 e. The highest BCUT2D eigenvalue weighted by Gasteiger charge is 2.37. The fourth-order valence-electron chi connectivity index (χ4n) is 3.36. The van der Waals surface area contributed by atoms with Crippen molar-refractivity contribution in [3.05, 3.63) is 35.9 Å². The van der Waals surface area contributed by atoms with Gasteiger partial charge in [0.05, 0.1) is 18.1 Å². The van der Waals surface area contributed by atoms with Gasteiger partial charge in [0.1, 0.15) is 0 Å². The normalized spacial score (nSPS) is 25.6. The first kappa shape index (κ1) is 16.0. The van der Waals surface area contributed by atoms with E-state index in [1.807, 2.05) is 42.2 Å². The lowest BCUT2D eigenvalue weighted by atomic mass is 10.1. The summed E-state index contributed by atoms with van der Waals surface area (Å²) in [7, 11) is 0. The van der Waals surface area contributed by atoms with Crippen LogP contribution in [0, 0.1) is 5.92 Å². The molecule has 3 atom stereocenters. The van der Waals surface area contributed by atoms with Gasteiger partial charge in [-0.3, -0.25) is 9.59 Å². The molecule has 0 radical (unpaired) electrons.